The summed E-state index contributed by atoms with van der Waals surface area (Å²) in [5.74, 6) is 0.290. The van der Waals surface area contributed by atoms with Crippen molar-refractivity contribution in [1.82, 2.24) is 15.2 Å². The van der Waals surface area contributed by atoms with Crippen LogP contribution in [0.2, 0.25) is 0 Å². The summed E-state index contributed by atoms with van der Waals surface area (Å²) in [6.45, 7) is 4.32. The van der Waals surface area contributed by atoms with E-state index in [1.165, 1.54) is 0 Å². The van der Waals surface area contributed by atoms with Crippen LogP contribution >= 0.6 is 11.3 Å². The molecule has 0 aromatic carbocycles. The molecule has 2 unspecified atom stereocenters. The minimum Gasteiger partial charge on any atom is -0.342 e. The first-order valence-electron chi connectivity index (χ1n) is 7.04. The van der Waals surface area contributed by atoms with Gasteiger partial charge in [0.1, 0.15) is 10.5 Å². The van der Waals surface area contributed by atoms with Gasteiger partial charge < -0.3 is 10.2 Å². The lowest BCUT2D eigenvalue weighted by molar-refractivity contribution is -0.141. The summed E-state index contributed by atoms with van der Waals surface area (Å²) >= 11 is 1.55. The lowest BCUT2D eigenvalue weighted by Crippen LogP contribution is -2.57. The number of rotatable bonds is 3. The lowest BCUT2D eigenvalue weighted by Gasteiger charge is -2.34. The fourth-order valence-electron chi connectivity index (χ4n) is 2.91. The standard InChI is InChI=1S/C14H19N3O2S/c1-9(12-15-6-8-20-12)17-7-5-11(18)16-14(2,13(17)19)10-3-4-10/h6,8-10H,3-5,7H2,1-2H3,(H,16,18). The number of thiazole rings is 1. The van der Waals surface area contributed by atoms with Gasteiger partial charge in [-0.2, -0.15) is 0 Å². The molecule has 5 nitrogen and oxygen atoms in total. The molecule has 1 aliphatic carbocycles. The number of nitrogens with one attached hydrogen (secondary N) is 1. The summed E-state index contributed by atoms with van der Waals surface area (Å²) in [5.41, 5.74) is -0.737. The molecular weight excluding hydrogens is 274 g/mol. The first kappa shape index (κ1) is 13.5. The van der Waals surface area contributed by atoms with Gasteiger partial charge in [0.2, 0.25) is 11.8 Å². The molecule has 1 saturated heterocycles. The topological polar surface area (TPSA) is 62.3 Å². The summed E-state index contributed by atoms with van der Waals surface area (Å²) in [5, 5.41) is 5.79. The predicted octanol–water partition coefficient (Wildman–Crippen LogP) is 1.72. The lowest BCUT2D eigenvalue weighted by atomic mass is 9.93. The smallest absolute Gasteiger partial charge is 0.248 e. The Hall–Kier alpha value is -1.43. The van der Waals surface area contributed by atoms with E-state index in [0.717, 1.165) is 17.8 Å². The van der Waals surface area contributed by atoms with E-state index in [-0.39, 0.29) is 23.8 Å². The van der Waals surface area contributed by atoms with E-state index in [1.54, 1.807) is 17.5 Å². The number of carbonyl (C=O) groups is 2. The predicted molar refractivity (Wildman–Crippen MR) is 76.1 cm³/mol. The zero-order valence-electron chi connectivity index (χ0n) is 11.8. The Bertz CT molecular complexity index is 527. The van der Waals surface area contributed by atoms with Crippen LogP contribution in [0.1, 0.15) is 44.2 Å². The summed E-state index contributed by atoms with van der Waals surface area (Å²) in [4.78, 5) is 31.0. The molecule has 0 spiro atoms. The fourth-order valence-corrected chi connectivity index (χ4v) is 3.62. The van der Waals surface area contributed by atoms with E-state index < -0.39 is 5.54 Å². The molecular formula is C14H19N3O2S. The van der Waals surface area contributed by atoms with Crippen molar-refractivity contribution >= 4 is 23.2 Å². The number of aromatic nitrogens is 1. The molecule has 1 N–H and O–H groups in total. The number of carbonyl (C=O) groups excluding carboxylic acids is 2. The first-order valence-corrected chi connectivity index (χ1v) is 7.92. The third kappa shape index (κ3) is 2.22. The van der Waals surface area contributed by atoms with E-state index in [4.69, 9.17) is 0 Å². The van der Waals surface area contributed by atoms with E-state index in [2.05, 4.69) is 10.3 Å². The van der Waals surface area contributed by atoms with Crippen molar-refractivity contribution in [2.45, 2.75) is 44.7 Å². The van der Waals surface area contributed by atoms with Crippen molar-refractivity contribution in [2.24, 2.45) is 5.92 Å². The Morgan fingerprint density at radius 3 is 2.85 bits per heavy atom. The van der Waals surface area contributed by atoms with E-state index in [9.17, 15) is 9.59 Å². The highest BCUT2D eigenvalue weighted by Crippen LogP contribution is 2.42. The summed E-state index contributed by atoms with van der Waals surface area (Å²) in [6.07, 6.45) is 4.15. The minimum atomic E-state index is -0.737. The van der Waals surface area contributed by atoms with Gasteiger partial charge in [-0.1, -0.05) is 0 Å². The maximum Gasteiger partial charge on any atom is 0.248 e. The molecule has 3 rings (SSSR count). The molecule has 2 aliphatic rings. The highest BCUT2D eigenvalue weighted by atomic mass is 32.1. The highest BCUT2D eigenvalue weighted by molar-refractivity contribution is 7.09. The van der Waals surface area contributed by atoms with Crippen LogP contribution in [0.15, 0.2) is 11.6 Å². The van der Waals surface area contributed by atoms with Gasteiger partial charge >= 0.3 is 0 Å². The Labute approximate surface area is 122 Å². The second-order valence-corrected chi connectivity index (χ2v) is 6.75. The van der Waals surface area contributed by atoms with Gasteiger partial charge in [-0.05, 0) is 32.6 Å². The number of hydrogen-bond acceptors (Lipinski definition) is 4. The van der Waals surface area contributed by atoms with Crippen molar-refractivity contribution in [1.29, 1.82) is 0 Å². The Morgan fingerprint density at radius 2 is 2.25 bits per heavy atom. The van der Waals surface area contributed by atoms with Gasteiger partial charge in [0.05, 0.1) is 6.04 Å². The van der Waals surface area contributed by atoms with Gasteiger partial charge in [0, 0.05) is 24.5 Å². The van der Waals surface area contributed by atoms with E-state index in [1.807, 2.05) is 24.1 Å². The average molecular weight is 293 g/mol. The third-order valence-electron chi connectivity index (χ3n) is 4.35. The molecule has 1 saturated carbocycles. The number of nitrogens with zero attached hydrogens (tertiary/aromatic N) is 2. The fraction of sp³-hybridized carbons (Fsp3) is 0.643. The van der Waals surface area contributed by atoms with Gasteiger partial charge in [0.15, 0.2) is 0 Å². The van der Waals surface area contributed by atoms with Gasteiger partial charge in [-0.15, -0.1) is 11.3 Å². The second kappa shape index (κ2) is 4.84. The van der Waals surface area contributed by atoms with Gasteiger partial charge in [-0.25, -0.2) is 4.98 Å². The maximum absolute atomic E-state index is 12.9. The Balaban J connectivity index is 1.90. The molecule has 1 aromatic rings. The maximum atomic E-state index is 12.9. The minimum absolute atomic E-state index is 0.0263. The van der Waals surface area contributed by atoms with Crippen LogP contribution < -0.4 is 5.32 Å². The van der Waals surface area contributed by atoms with Crippen molar-refractivity contribution in [2.75, 3.05) is 6.54 Å². The third-order valence-corrected chi connectivity index (χ3v) is 5.30. The zero-order valence-corrected chi connectivity index (χ0v) is 12.6. The molecule has 108 valence electrons. The average Bonchev–Trinajstić information content (AvgIpc) is 3.15. The van der Waals surface area contributed by atoms with Crippen molar-refractivity contribution in [3.8, 4) is 0 Å². The summed E-state index contributed by atoms with van der Waals surface area (Å²) < 4.78 is 0. The Morgan fingerprint density at radius 1 is 1.50 bits per heavy atom. The quantitative estimate of drug-likeness (QED) is 0.923. The molecule has 2 fully saturated rings. The highest BCUT2D eigenvalue weighted by Gasteiger charge is 2.51. The van der Waals surface area contributed by atoms with Crippen LogP contribution in [0, 0.1) is 5.92 Å². The van der Waals surface area contributed by atoms with Crippen molar-refractivity contribution in [3.63, 3.8) is 0 Å². The number of amides is 2. The SMILES string of the molecule is CC(c1nccs1)N1CCC(=O)NC(C)(C2CC2)C1=O. The van der Waals surface area contributed by atoms with Crippen LogP contribution in [-0.4, -0.2) is 33.8 Å². The summed E-state index contributed by atoms with van der Waals surface area (Å²) in [6, 6.07) is -0.0757. The molecule has 1 aliphatic heterocycles. The molecule has 2 heterocycles. The van der Waals surface area contributed by atoms with Crippen LogP contribution in [0.3, 0.4) is 0 Å². The molecule has 6 heteroatoms. The molecule has 2 amide bonds. The van der Waals surface area contributed by atoms with Crippen LogP contribution in [0.5, 0.6) is 0 Å². The summed E-state index contributed by atoms with van der Waals surface area (Å²) in [7, 11) is 0. The molecule has 0 bridgehead atoms. The van der Waals surface area contributed by atoms with E-state index in [0.29, 0.717) is 13.0 Å². The van der Waals surface area contributed by atoms with E-state index >= 15 is 0 Å². The normalized spacial score (nSPS) is 29.0. The molecule has 1 aromatic heterocycles. The molecule has 0 radical (unpaired) electrons. The number of hydrogen-bond donors (Lipinski definition) is 1. The van der Waals surface area contributed by atoms with Crippen molar-refractivity contribution < 1.29 is 9.59 Å². The molecule has 20 heavy (non-hydrogen) atoms. The van der Waals surface area contributed by atoms with Crippen LogP contribution in [0.4, 0.5) is 0 Å². The first-order chi connectivity index (χ1) is 9.52. The molecule has 2 atom stereocenters. The monoisotopic (exact) mass is 293 g/mol. The second-order valence-electron chi connectivity index (χ2n) is 5.82. The largest absolute Gasteiger partial charge is 0.342 e. The Kier molecular flexibility index (Phi) is 3.28. The van der Waals surface area contributed by atoms with Crippen molar-refractivity contribution in [3.05, 3.63) is 16.6 Å². The van der Waals surface area contributed by atoms with Crippen LogP contribution in [0.25, 0.3) is 0 Å². The van der Waals surface area contributed by atoms with Crippen LogP contribution in [-0.2, 0) is 9.59 Å². The zero-order chi connectivity index (χ0) is 14.3. The van der Waals surface area contributed by atoms with Gasteiger partial charge in [-0.3, -0.25) is 9.59 Å². The van der Waals surface area contributed by atoms with Gasteiger partial charge in [0.25, 0.3) is 0 Å².